The lowest BCUT2D eigenvalue weighted by Gasteiger charge is -1.78. The van der Waals surface area contributed by atoms with Gasteiger partial charge in [0.25, 0.3) is 0 Å². The molecule has 8 heavy (non-hydrogen) atoms. The molecular formula is C4H9AlBr3. The third-order valence-electron chi connectivity index (χ3n) is 0. The summed E-state index contributed by atoms with van der Waals surface area (Å²) in [7, 11) is -0.701. The summed E-state index contributed by atoms with van der Waals surface area (Å²) >= 11 is 9.73. The van der Waals surface area contributed by atoms with Crippen molar-refractivity contribution in [2.75, 3.05) is 0 Å². The van der Waals surface area contributed by atoms with Gasteiger partial charge < -0.3 is 0 Å². The third-order valence-corrected chi connectivity index (χ3v) is 0. The fourth-order valence-corrected chi connectivity index (χ4v) is 0. The van der Waals surface area contributed by atoms with Gasteiger partial charge in [-0.05, 0) is 5.92 Å². The third kappa shape index (κ3) is 99.6. The lowest BCUT2D eigenvalue weighted by atomic mass is 10.3. The zero-order chi connectivity index (χ0) is 7.15. The fourth-order valence-electron chi connectivity index (χ4n) is 0. The van der Waals surface area contributed by atoms with Crippen LogP contribution in [-0.4, -0.2) is 8.67 Å². The van der Waals surface area contributed by atoms with E-state index in [9.17, 15) is 0 Å². The summed E-state index contributed by atoms with van der Waals surface area (Å²) < 4.78 is 0. The Morgan fingerprint density at radius 2 is 1.25 bits per heavy atom. The molecule has 0 rings (SSSR count). The fraction of sp³-hybridized carbons (Fsp3) is 0.750. The molecule has 49 valence electrons. The molecule has 0 N–H and O–H groups in total. The Bertz CT molecular complexity index is 26.8. The van der Waals surface area contributed by atoms with E-state index >= 15 is 0 Å². The van der Waals surface area contributed by atoms with Crippen LogP contribution in [0.2, 0.25) is 0 Å². The van der Waals surface area contributed by atoms with Crippen molar-refractivity contribution in [2.24, 2.45) is 5.92 Å². The molecule has 1 radical (unpaired) electrons. The molecule has 0 spiro atoms. The molecule has 0 amide bonds. The van der Waals surface area contributed by atoms with Crippen molar-refractivity contribution in [2.45, 2.75) is 13.8 Å². The van der Waals surface area contributed by atoms with Crippen molar-refractivity contribution >= 4 is 50.8 Å². The average Bonchev–Trinajstić information content (AvgIpc) is 1.25. The normalized spacial score (nSPS) is 7.88. The Morgan fingerprint density at radius 3 is 1.25 bits per heavy atom. The van der Waals surface area contributed by atoms with Crippen molar-refractivity contribution in [1.29, 1.82) is 0 Å². The summed E-state index contributed by atoms with van der Waals surface area (Å²) in [6, 6.07) is 0. The Labute approximate surface area is 76.8 Å². The van der Waals surface area contributed by atoms with Gasteiger partial charge >= 0.3 is 8.67 Å². The number of rotatable bonds is 0. The molecule has 0 bridgehead atoms. The molecule has 0 aliphatic carbocycles. The smallest absolute Gasteiger partial charge is 0.181 e. The van der Waals surface area contributed by atoms with Crippen LogP contribution in [0.5, 0.6) is 0 Å². The first kappa shape index (κ1) is 12.6. The van der Waals surface area contributed by atoms with Crippen molar-refractivity contribution < 1.29 is 0 Å². The summed E-state index contributed by atoms with van der Waals surface area (Å²) in [6.07, 6.45) is 0. The first-order chi connectivity index (χ1) is 3.46. The van der Waals surface area contributed by atoms with Crippen LogP contribution in [0, 0.1) is 12.8 Å². The van der Waals surface area contributed by atoms with E-state index in [0.29, 0.717) is 5.92 Å². The quantitative estimate of drug-likeness (QED) is 0.597. The van der Waals surface area contributed by atoms with E-state index in [1.807, 2.05) is 0 Å². The zero-order valence-electron chi connectivity index (χ0n) is 5.00. The van der Waals surface area contributed by atoms with Gasteiger partial charge in [0.05, 0.1) is 0 Å². The molecule has 0 nitrogen and oxygen atoms in total. The lowest BCUT2D eigenvalue weighted by molar-refractivity contribution is 0.827. The Balaban J connectivity index is 0. The van der Waals surface area contributed by atoms with Crippen molar-refractivity contribution in [3.05, 3.63) is 6.92 Å². The van der Waals surface area contributed by atoms with Crippen LogP contribution in [0.25, 0.3) is 0 Å². The SMILES string of the molecule is [Br][Al]([Br])[Br].[CH2]C(C)C. The predicted molar refractivity (Wildman–Crippen MR) is 52.7 cm³/mol. The Morgan fingerprint density at radius 1 is 1.25 bits per heavy atom. The highest BCUT2D eigenvalue weighted by atomic mass is 80.0. The number of hydrogen-bond acceptors (Lipinski definition) is 0. The molecule has 0 saturated carbocycles. The van der Waals surface area contributed by atoms with E-state index in [4.69, 9.17) is 0 Å². The monoisotopic (exact) mass is 321 g/mol. The van der Waals surface area contributed by atoms with E-state index in [0.717, 1.165) is 0 Å². The molecular weight excluding hydrogens is 315 g/mol. The Kier molecular flexibility index (Phi) is 14.2. The minimum absolute atomic E-state index is 0.583. The maximum absolute atomic E-state index is 3.64. The first-order valence-corrected chi connectivity index (χ1v) is 11.8. The first-order valence-electron chi connectivity index (χ1n) is 2.22. The maximum atomic E-state index is 3.64. The molecule has 0 aromatic rings. The number of halogens is 3. The Hall–Kier alpha value is 1.97. The van der Waals surface area contributed by atoms with Crippen molar-refractivity contribution in [3.8, 4) is 0 Å². The topological polar surface area (TPSA) is 0 Å². The predicted octanol–water partition coefficient (Wildman–Crippen LogP) is 3.63. The van der Waals surface area contributed by atoms with Crippen LogP contribution in [0.4, 0.5) is 0 Å². The molecule has 0 aromatic carbocycles. The molecule has 0 saturated heterocycles. The van der Waals surface area contributed by atoms with Crippen LogP contribution in [-0.2, 0) is 0 Å². The van der Waals surface area contributed by atoms with Gasteiger partial charge in [-0.15, -0.1) is 0 Å². The molecule has 0 aromatic heterocycles. The second-order valence-corrected chi connectivity index (χ2v) is 21.4. The molecule has 0 fully saturated rings. The number of hydrogen-bond donors (Lipinski definition) is 0. The van der Waals surface area contributed by atoms with E-state index < -0.39 is 8.67 Å². The van der Waals surface area contributed by atoms with Gasteiger partial charge in [-0.1, -0.05) is 20.8 Å². The van der Waals surface area contributed by atoms with Crippen LogP contribution in [0.3, 0.4) is 0 Å². The molecule has 0 aliphatic heterocycles. The largest absolute Gasteiger partial charge is 0.542 e. The average molecular weight is 324 g/mol. The van der Waals surface area contributed by atoms with E-state index in [2.05, 4.69) is 62.9 Å². The summed E-state index contributed by atoms with van der Waals surface area (Å²) in [6.45, 7) is 7.75. The molecule has 0 unspecified atom stereocenters. The molecule has 0 heterocycles. The van der Waals surface area contributed by atoms with E-state index in [1.54, 1.807) is 0 Å². The summed E-state index contributed by atoms with van der Waals surface area (Å²) in [5, 5.41) is 0. The van der Waals surface area contributed by atoms with Gasteiger partial charge in [0, 0.05) is 0 Å². The highest BCUT2D eigenvalue weighted by Crippen LogP contribution is 2.07. The molecule has 0 aliphatic rings. The van der Waals surface area contributed by atoms with Gasteiger partial charge in [-0.25, -0.2) is 0 Å². The second-order valence-electron chi connectivity index (χ2n) is 1.64. The summed E-state index contributed by atoms with van der Waals surface area (Å²) in [4.78, 5) is 0. The van der Waals surface area contributed by atoms with E-state index in [-0.39, 0.29) is 0 Å². The van der Waals surface area contributed by atoms with Crippen LogP contribution in [0.1, 0.15) is 13.8 Å². The van der Waals surface area contributed by atoms with Crippen LogP contribution >= 0.6 is 42.2 Å². The maximum Gasteiger partial charge on any atom is 0.542 e. The minimum atomic E-state index is -0.701. The highest BCUT2D eigenvalue weighted by Gasteiger charge is 1.95. The standard InChI is InChI=1S/C4H9.Al.3BrH/c1-4(2)3;;;;/h4H,1H2,2-3H3;;3*1H/q;+3;;;/p-3. The van der Waals surface area contributed by atoms with Gasteiger partial charge in [-0.3, -0.25) is 0 Å². The minimum Gasteiger partial charge on any atom is -0.181 e. The van der Waals surface area contributed by atoms with Crippen LogP contribution < -0.4 is 0 Å². The van der Waals surface area contributed by atoms with Gasteiger partial charge in [0.2, 0.25) is 0 Å². The van der Waals surface area contributed by atoms with Crippen molar-refractivity contribution in [3.63, 3.8) is 0 Å². The van der Waals surface area contributed by atoms with E-state index in [1.165, 1.54) is 0 Å². The highest BCUT2D eigenvalue weighted by molar-refractivity contribution is 9.69. The molecule has 0 atom stereocenters. The lowest BCUT2D eigenvalue weighted by Crippen LogP contribution is -1.67. The summed E-state index contributed by atoms with van der Waals surface area (Å²) in [5.74, 6) is 0.583. The summed E-state index contributed by atoms with van der Waals surface area (Å²) in [5.41, 5.74) is 0. The van der Waals surface area contributed by atoms with Gasteiger partial charge in [-0.2, -0.15) is 42.2 Å². The van der Waals surface area contributed by atoms with Gasteiger partial charge in [0.1, 0.15) is 0 Å². The second kappa shape index (κ2) is 8.97. The van der Waals surface area contributed by atoms with Crippen LogP contribution in [0.15, 0.2) is 0 Å². The van der Waals surface area contributed by atoms with Crippen molar-refractivity contribution in [1.82, 2.24) is 0 Å². The zero-order valence-corrected chi connectivity index (χ0v) is 10.9. The molecule has 4 heteroatoms. The van der Waals surface area contributed by atoms with Gasteiger partial charge in [0.15, 0.2) is 0 Å².